The number of hydrogen-bond donors (Lipinski definition) is 0. The Morgan fingerprint density at radius 1 is 0.250 bits per heavy atom. The molecule has 0 spiro atoms. The number of anilines is 6. The molecule has 12 rings (SSSR count). The molecule has 0 amide bonds. The Morgan fingerprint density at radius 3 is 0.933 bits per heavy atom. The molecule has 0 bridgehead atoms. The summed E-state index contributed by atoms with van der Waals surface area (Å²) in [5.74, 6) is 2.67. The first-order valence-electron chi connectivity index (χ1n) is 20.0. The summed E-state index contributed by atoms with van der Waals surface area (Å²) < 4.78 is 26.3. The lowest BCUT2D eigenvalue weighted by atomic mass is 10.1. The third kappa shape index (κ3) is 5.73. The van der Waals surface area contributed by atoms with Crippen LogP contribution in [0.15, 0.2) is 224 Å². The van der Waals surface area contributed by atoms with Gasteiger partial charge in [0.05, 0.1) is 0 Å². The zero-order chi connectivity index (χ0) is 39.6. The minimum atomic E-state index is 0.665. The van der Waals surface area contributed by atoms with E-state index in [0.29, 0.717) is 23.0 Å². The van der Waals surface area contributed by atoms with Gasteiger partial charge in [-0.05, 0) is 109 Å². The average molecular weight is 775 g/mol. The Balaban J connectivity index is 0.885. The van der Waals surface area contributed by atoms with Crippen molar-refractivity contribution in [2.75, 3.05) is 9.80 Å². The van der Waals surface area contributed by atoms with Gasteiger partial charge < -0.3 is 27.5 Å². The van der Waals surface area contributed by atoms with Gasteiger partial charge in [-0.2, -0.15) is 0 Å². The van der Waals surface area contributed by atoms with E-state index >= 15 is 0 Å². The Hall–Kier alpha value is -8.22. The molecule has 0 fully saturated rings. The van der Waals surface area contributed by atoms with Crippen molar-refractivity contribution >= 4 is 88.8 Å². The topological polar surface area (TPSA) is 59.0 Å². The minimum Gasteiger partial charge on any atom is -0.453 e. The number of furan rings is 4. The fourth-order valence-corrected chi connectivity index (χ4v) is 8.41. The third-order valence-electron chi connectivity index (χ3n) is 11.2. The molecule has 0 N–H and O–H groups in total. The Bertz CT molecular complexity index is 3180. The summed E-state index contributed by atoms with van der Waals surface area (Å²) in [6.07, 6.45) is 0. The number of fused-ring (bicyclic) bond motifs is 7. The lowest BCUT2D eigenvalue weighted by Crippen LogP contribution is -2.09. The second-order valence-electron chi connectivity index (χ2n) is 15.0. The Labute approximate surface area is 344 Å². The molecule has 284 valence electrons. The van der Waals surface area contributed by atoms with Crippen molar-refractivity contribution in [3.8, 4) is 23.0 Å². The van der Waals surface area contributed by atoms with E-state index in [1.807, 2.05) is 48.5 Å². The molecule has 0 radical (unpaired) electrons. The van der Waals surface area contributed by atoms with Crippen LogP contribution in [0.1, 0.15) is 0 Å². The van der Waals surface area contributed by atoms with Gasteiger partial charge in [-0.15, -0.1) is 0 Å². The van der Waals surface area contributed by atoms with Gasteiger partial charge in [0.1, 0.15) is 22.3 Å². The molecule has 0 saturated heterocycles. The fourth-order valence-electron chi connectivity index (χ4n) is 8.41. The molecule has 0 aliphatic carbocycles. The zero-order valence-corrected chi connectivity index (χ0v) is 32.2. The number of rotatable bonds is 8. The Morgan fingerprint density at radius 2 is 0.567 bits per heavy atom. The standard InChI is InChI=1S/C54H34N2O4/c1-5-13-39(14-6-1)55(40-15-7-2-8-16-40)43-25-21-35-29-49(57-47(35)33-43)51-31-37-23-27-46-45(53(37)59-51)28-24-38-32-52(60-54(38)46)50-30-36-22-26-44(34-48(36)58-50)56(41-17-9-3-10-18-41)42-19-11-4-12-20-42/h1-34H. The van der Waals surface area contributed by atoms with Crippen molar-refractivity contribution in [3.63, 3.8) is 0 Å². The largest absolute Gasteiger partial charge is 0.453 e. The molecule has 4 heterocycles. The van der Waals surface area contributed by atoms with Crippen molar-refractivity contribution in [2.45, 2.75) is 0 Å². The van der Waals surface area contributed by atoms with Crippen molar-refractivity contribution in [1.29, 1.82) is 0 Å². The molecular weight excluding hydrogens is 741 g/mol. The number of benzene rings is 8. The maximum absolute atomic E-state index is 6.62. The Kier molecular flexibility index (Phi) is 7.74. The van der Waals surface area contributed by atoms with E-state index in [0.717, 1.165) is 88.8 Å². The van der Waals surface area contributed by atoms with Crippen molar-refractivity contribution in [3.05, 3.63) is 206 Å². The summed E-state index contributed by atoms with van der Waals surface area (Å²) in [6, 6.07) is 70.7. The first-order valence-corrected chi connectivity index (χ1v) is 20.0. The molecule has 0 aliphatic rings. The highest BCUT2D eigenvalue weighted by atomic mass is 16.4. The summed E-state index contributed by atoms with van der Waals surface area (Å²) in [6.45, 7) is 0. The monoisotopic (exact) mass is 774 g/mol. The van der Waals surface area contributed by atoms with Crippen LogP contribution in [0.3, 0.4) is 0 Å². The third-order valence-corrected chi connectivity index (χ3v) is 11.2. The van der Waals surface area contributed by atoms with E-state index in [-0.39, 0.29) is 0 Å². The predicted octanol–water partition coefficient (Wildman–Crippen LogP) is 16.1. The minimum absolute atomic E-state index is 0.665. The van der Waals surface area contributed by atoms with Crippen molar-refractivity contribution < 1.29 is 17.7 Å². The molecule has 12 aromatic rings. The van der Waals surface area contributed by atoms with Crippen LogP contribution >= 0.6 is 0 Å². The van der Waals surface area contributed by atoms with E-state index in [4.69, 9.17) is 17.7 Å². The van der Waals surface area contributed by atoms with Gasteiger partial charge in [0.25, 0.3) is 0 Å². The SMILES string of the molecule is c1ccc(N(c2ccccc2)c2ccc3cc(-c4cc5ccc6c(ccc7cc(-c8cc9ccc(N(c%10ccccc%10)c%10ccccc%10)cc9o8)oc76)c5o4)oc3c2)cc1. The summed E-state index contributed by atoms with van der Waals surface area (Å²) >= 11 is 0. The predicted molar refractivity (Wildman–Crippen MR) is 243 cm³/mol. The molecule has 0 unspecified atom stereocenters. The fraction of sp³-hybridized carbons (Fsp3) is 0. The van der Waals surface area contributed by atoms with Crippen LogP contribution in [-0.2, 0) is 0 Å². The van der Waals surface area contributed by atoms with E-state index in [1.165, 1.54) is 0 Å². The van der Waals surface area contributed by atoms with Gasteiger partial charge in [0, 0.05) is 78.6 Å². The highest BCUT2D eigenvalue weighted by Gasteiger charge is 2.20. The lowest BCUT2D eigenvalue weighted by Gasteiger charge is -2.25. The van der Waals surface area contributed by atoms with Gasteiger partial charge in [0.2, 0.25) is 0 Å². The first kappa shape index (κ1) is 33.9. The molecule has 4 aromatic heterocycles. The van der Waals surface area contributed by atoms with Gasteiger partial charge in [0.15, 0.2) is 23.0 Å². The molecule has 6 nitrogen and oxygen atoms in total. The highest BCUT2D eigenvalue weighted by Crippen LogP contribution is 2.43. The van der Waals surface area contributed by atoms with Gasteiger partial charge >= 0.3 is 0 Å². The number of para-hydroxylation sites is 4. The molecule has 60 heavy (non-hydrogen) atoms. The lowest BCUT2D eigenvalue weighted by molar-refractivity contribution is 0.569. The van der Waals surface area contributed by atoms with Gasteiger partial charge in [-0.1, -0.05) is 84.9 Å². The van der Waals surface area contributed by atoms with Crippen LogP contribution in [0.4, 0.5) is 34.1 Å². The van der Waals surface area contributed by atoms with Crippen LogP contribution in [-0.4, -0.2) is 0 Å². The summed E-state index contributed by atoms with van der Waals surface area (Å²) in [5, 5.41) is 5.88. The van der Waals surface area contributed by atoms with Crippen molar-refractivity contribution in [2.24, 2.45) is 0 Å². The van der Waals surface area contributed by atoms with Crippen LogP contribution in [0.2, 0.25) is 0 Å². The summed E-state index contributed by atoms with van der Waals surface area (Å²) in [7, 11) is 0. The average Bonchev–Trinajstić information content (AvgIpc) is 4.12. The molecule has 0 atom stereocenters. The number of nitrogens with zero attached hydrogens (tertiary/aromatic N) is 2. The van der Waals surface area contributed by atoms with Gasteiger partial charge in [-0.3, -0.25) is 0 Å². The zero-order valence-electron chi connectivity index (χ0n) is 32.2. The van der Waals surface area contributed by atoms with Gasteiger partial charge in [-0.25, -0.2) is 0 Å². The molecule has 8 aromatic carbocycles. The van der Waals surface area contributed by atoms with Crippen LogP contribution < -0.4 is 9.80 Å². The highest BCUT2D eigenvalue weighted by molar-refractivity contribution is 6.15. The summed E-state index contributed by atoms with van der Waals surface area (Å²) in [5.41, 5.74) is 9.39. The molecule has 0 aliphatic heterocycles. The first-order chi connectivity index (χ1) is 29.7. The quantitative estimate of drug-likeness (QED) is 0.153. The molecule has 6 heteroatoms. The maximum Gasteiger partial charge on any atom is 0.170 e. The maximum atomic E-state index is 6.62. The summed E-state index contributed by atoms with van der Waals surface area (Å²) in [4.78, 5) is 4.46. The smallest absolute Gasteiger partial charge is 0.170 e. The molecular formula is C54H34N2O4. The second-order valence-corrected chi connectivity index (χ2v) is 15.0. The number of hydrogen-bond acceptors (Lipinski definition) is 6. The van der Waals surface area contributed by atoms with Crippen molar-refractivity contribution in [1.82, 2.24) is 0 Å². The molecule has 0 saturated carbocycles. The normalized spacial score (nSPS) is 11.7. The van der Waals surface area contributed by atoms with E-state index in [1.54, 1.807) is 0 Å². The van der Waals surface area contributed by atoms with E-state index < -0.39 is 0 Å². The van der Waals surface area contributed by atoms with E-state index in [2.05, 4.69) is 168 Å². The second kappa shape index (κ2) is 13.7. The van der Waals surface area contributed by atoms with Crippen LogP contribution in [0.5, 0.6) is 0 Å². The van der Waals surface area contributed by atoms with Crippen LogP contribution in [0, 0.1) is 0 Å². The van der Waals surface area contributed by atoms with E-state index in [9.17, 15) is 0 Å². The van der Waals surface area contributed by atoms with Crippen LogP contribution in [0.25, 0.3) is 77.7 Å².